The fourth-order valence-corrected chi connectivity index (χ4v) is 4.23. The minimum Gasteiger partial charge on any atom is -0.494 e. The molecule has 0 spiro atoms. The summed E-state index contributed by atoms with van der Waals surface area (Å²) in [6.07, 6.45) is -0.213. The third-order valence-corrected chi connectivity index (χ3v) is 6.50. The summed E-state index contributed by atoms with van der Waals surface area (Å²) in [5.74, 6) is 0.323. The van der Waals surface area contributed by atoms with E-state index in [2.05, 4.69) is 10.6 Å². The summed E-state index contributed by atoms with van der Waals surface area (Å²) in [5, 5.41) is 4.31. The second kappa shape index (κ2) is 8.52. The summed E-state index contributed by atoms with van der Waals surface area (Å²) < 4.78 is 36.3. The van der Waals surface area contributed by atoms with Gasteiger partial charge in [-0.25, -0.2) is 8.42 Å². The maximum atomic E-state index is 12.9. The van der Waals surface area contributed by atoms with Gasteiger partial charge in [-0.05, 0) is 56.3 Å². The Bertz CT molecular complexity index is 1020. The first-order valence-corrected chi connectivity index (χ1v) is 10.7. The van der Waals surface area contributed by atoms with Crippen molar-refractivity contribution in [1.29, 1.82) is 0 Å². The van der Waals surface area contributed by atoms with Crippen molar-refractivity contribution < 1.29 is 27.5 Å². The average molecular weight is 418 g/mol. The van der Waals surface area contributed by atoms with Gasteiger partial charge in [-0.2, -0.15) is 0 Å². The highest BCUT2D eigenvalue weighted by atomic mass is 32.2. The first kappa shape index (κ1) is 20.7. The molecule has 0 saturated heterocycles. The van der Waals surface area contributed by atoms with Crippen molar-refractivity contribution in [2.45, 2.75) is 30.4 Å². The molecule has 0 aliphatic carbocycles. The van der Waals surface area contributed by atoms with Crippen molar-refractivity contribution in [3.63, 3.8) is 0 Å². The highest BCUT2D eigenvalue weighted by Gasteiger charge is 2.27. The predicted molar refractivity (Wildman–Crippen MR) is 108 cm³/mol. The van der Waals surface area contributed by atoms with Crippen LogP contribution in [0.5, 0.6) is 11.5 Å². The molecule has 2 aromatic carbocycles. The molecule has 0 saturated carbocycles. The third kappa shape index (κ3) is 4.86. The summed E-state index contributed by atoms with van der Waals surface area (Å²) in [4.78, 5) is 23.8. The Morgan fingerprint density at radius 1 is 1.24 bits per heavy atom. The maximum Gasteiger partial charge on any atom is 0.262 e. The van der Waals surface area contributed by atoms with Gasteiger partial charge < -0.3 is 20.1 Å². The number of amides is 2. The van der Waals surface area contributed by atoms with Gasteiger partial charge in [0, 0.05) is 12.1 Å². The van der Waals surface area contributed by atoms with Crippen LogP contribution in [0.1, 0.15) is 20.3 Å². The van der Waals surface area contributed by atoms with E-state index in [0.717, 1.165) is 0 Å². The number of carbonyl (C=O) groups excluding carboxylic acids is 2. The molecule has 2 aromatic rings. The zero-order valence-corrected chi connectivity index (χ0v) is 16.9. The van der Waals surface area contributed by atoms with E-state index in [9.17, 15) is 18.0 Å². The van der Waals surface area contributed by atoms with Crippen molar-refractivity contribution in [2.24, 2.45) is 0 Å². The van der Waals surface area contributed by atoms with E-state index in [1.807, 2.05) is 6.92 Å². The SMILES string of the molecule is CCOc1ccc(NC(=O)C[C@H](C)S(=O)(=O)c2ccc3c(c2)NC(=O)CO3)cc1. The zero-order chi connectivity index (χ0) is 21.0. The molecule has 2 amide bonds. The molecule has 2 N–H and O–H groups in total. The van der Waals surface area contributed by atoms with Crippen molar-refractivity contribution in [2.75, 3.05) is 23.8 Å². The normalized spacial score (nSPS) is 14.2. The molecule has 3 rings (SSSR count). The number of hydrogen-bond donors (Lipinski definition) is 2. The van der Waals surface area contributed by atoms with Gasteiger partial charge >= 0.3 is 0 Å². The van der Waals surface area contributed by atoms with Gasteiger partial charge in [0.1, 0.15) is 11.5 Å². The monoisotopic (exact) mass is 418 g/mol. The molecule has 1 heterocycles. The molecule has 1 atom stereocenters. The lowest BCUT2D eigenvalue weighted by molar-refractivity contribution is -0.118. The van der Waals surface area contributed by atoms with Crippen LogP contribution in [-0.4, -0.2) is 38.7 Å². The van der Waals surface area contributed by atoms with E-state index in [-0.39, 0.29) is 23.8 Å². The van der Waals surface area contributed by atoms with Gasteiger partial charge in [-0.3, -0.25) is 9.59 Å². The van der Waals surface area contributed by atoms with E-state index in [4.69, 9.17) is 9.47 Å². The molecule has 0 fully saturated rings. The van der Waals surface area contributed by atoms with Crippen molar-refractivity contribution in [3.05, 3.63) is 42.5 Å². The lowest BCUT2D eigenvalue weighted by atomic mass is 10.2. The van der Waals surface area contributed by atoms with Gasteiger partial charge in [-0.1, -0.05) is 0 Å². The van der Waals surface area contributed by atoms with Crippen LogP contribution in [0.2, 0.25) is 0 Å². The number of sulfone groups is 1. The molecule has 1 aliphatic rings. The van der Waals surface area contributed by atoms with Gasteiger partial charge in [0.15, 0.2) is 16.4 Å². The summed E-state index contributed by atoms with van der Waals surface area (Å²) in [7, 11) is -3.78. The van der Waals surface area contributed by atoms with Gasteiger partial charge in [-0.15, -0.1) is 0 Å². The largest absolute Gasteiger partial charge is 0.494 e. The quantitative estimate of drug-likeness (QED) is 0.715. The number of carbonyl (C=O) groups is 2. The van der Waals surface area contributed by atoms with Crippen LogP contribution < -0.4 is 20.1 Å². The summed E-state index contributed by atoms with van der Waals surface area (Å²) in [5.41, 5.74) is 0.852. The molecular formula is C20H22N2O6S. The van der Waals surface area contributed by atoms with Crippen LogP contribution in [0.3, 0.4) is 0 Å². The van der Waals surface area contributed by atoms with Crippen LogP contribution in [0.4, 0.5) is 11.4 Å². The van der Waals surface area contributed by atoms with E-state index < -0.39 is 21.0 Å². The average Bonchev–Trinajstić information content (AvgIpc) is 2.69. The molecule has 0 aromatic heterocycles. The number of fused-ring (bicyclic) bond motifs is 1. The zero-order valence-electron chi connectivity index (χ0n) is 16.1. The van der Waals surface area contributed by atoms with Gasteiger partial charge in [0.2, 0.25) is 5.91 Å². The number of anilines is 2. The number of nitrogens with one attached hydrogen (secondary N) is 2. The first-order chi connectivity index (χ1) is 13.8. The molecule has 1 aliphatic heterocycles. The predicted octanol–water partition coefficient (Wildman–Crippen LogP) is 2.61. The third-order valence-electron chi connectivity index (χ3n) is 4.36. The fraction of sp³-hybridized carbons (Fsp3) is 0.300. The highest BCUT2D eigenvalue weighted by Crippen LogP contribution is 2.31. The van der Waals surface area contributed by atoms with Gasteiger partial charge in [0.05, 0.1) is 22.4 Å². The summed E-state index contributed by atoms with van der Waals surface area (Å²) >= 11 is 0. The molecule has 154 valence electrons. The minimum atomic E-state index is -3.78. The standard InChI is InChI=1S/C20H22N2O6S/c1-3-27-15-6-4-14(5-7-15)21-19(23)10-13(2)29(25,26)16-8-9-18-17(11-16)22-20(24)12-28-18/h4-9,11,13H,3,10,12H2,1-2H3,(H,21,23)(H,22,24)/t13-/m0/s1. The van der Waals surface area contributed by atoms with E-state index in [1.165, 1.54) is 25.1 Å². The lowest BCUT2D eigenvalue weighted by Gasteiger charge is -2.19. The Balaban J connectivity index is 1.67. The highest BCUT2D eigenvalue weighted by molar-refractivity contribution is 7.92. The molecule has 0 unspecified atom stereocenters. The molecule has 9 heteroatoms. The second-order valence-electron chi connectivity index (χ2n) is 6.56. The molecule has 0 bridgehead atoms. The van der Waals surface area contributed by atoms with Crippen molar-refractivity contribution >= 4 is 33.0 Å². The summed E-state index contributed by atoms with van der Waals surface area (Å²) in [6, 6.07) is 11.1. The Kier molecular flexibility index (Phi) is 6.07. The van der Waals surface area contributed by atoms with E-state index in [1.54, 1.807) is 24.3 Å². The Hall–Kier alpha value is -3.07. The van der Waals surface area contributed by atoms with Crippen LogP contribution in [0.15, 0.2) is 47.4 Å². The lowest BCUT2D eigenvalue weighted by Crippen LogP contribution is -2.27. The maximum absolute atomic E-state index is 12.9. The van der Waals surface area contributed by atoms with Crippen molar-refractivity contribution in [1.82, 2.24) is 0 Å². The van der Waals surface area contributed by atoms with Crippen LogP contribution in [-0.2, 0) is 19.4 Å². The molecular weight excluding hydrogens is 396 g/mol. The van der Waals surface area contributed by atoms with E-state index >= 15 is 0 Å². The number of ether oxygens (including phenoxy) is 2. The second-order valence-corrected chi connectivity index (χ2v) is 8.93. The molecule has 8 nitrogen and oxygen atoms in total. The van der Waals surface area contributed by atoms with Gasteiger partial charge in [0.25, 0.3) is 5.91 Å². The van der Waals surface area contributed by atoms with Crippen molar-refractivity contribution in [3.8, 4) is 11.5 Å². The summed E-state index contributed by atoms with van der Waals surface area (Å²) in [6.45, 7) is 3.78. The number of hydrogen-bond acceptors (Lipinski definition) is 6. The Morgan fingerprint density at radius 3 is 2.66 bits per heavy atom. The number of benzene rings is 2. The van der Waals surface area contributed by atoms with Crippen LogP contribution >= 0.6 is 0 Å². The number of rotatable bonds is 7. The minimum absolute atomic E-state index is 0.0171. The van der Waals surface area contributed by atoms with Crippen LogP contribution in [0.25, 0.3) is 0 Å². The van der Waals surface area contributed by atoms with E-state index in [0.29, 0.717) is 29.5 Å². The smallest absolute Gasteiger partial charge is 0.262 e. The Morgan fingerprint density at radius 2 is 1.97 bits per heavy atom. The molecule has 0 radical (unpaired) electrons. The Labute approximate surface area is 169 Å². The topological polar surface area (TPSA) is 111 Å². The van der Waals surface area contributed by atoms with Crippen LogP contribution in [0, 0.1) is 0 Å². The first-order valence-electron chi connectivity index (χ1n) is 9.13. The fourth-order valence-electron chi connectivity index (χ4n) is 2.86. The molecule has 29 heavy (non-hydrogen) atoms.